The van der Waals surface area contributed by atoms with Gasteiger partial charge in [0.25, 0.3) is 0 Å². The number of nitrogens with zero attached hydrogens (tertiary/aromatic N) is 1. The Morgan fingerprint density at radius 3 is 2.18 bits per heavy atom. The van der Waals surface area contributed by atoms with Gasteiger partial charge in [-0.15, -0.1) is 0 Å². The molecule has 28 heavy (non-hydrogen) atoms. The lowest BCUT2D eigenvalue weighted by atomic mass is 10.1. The van der Waals surface area contributed by atoms with Crippen LogP contribution in [0.5, 0.6) is 17.2 Å². The van der Waals surface area contributed by atoms with Crippen molar-refractivity contribution in [3.8, 4) is 17.2 Å². The van der Waals surface area contributed by atoms with E-state index >= 15 is 0 Å². The molecule has 6 heteroatoms. The second-order valence-electron chi connectivity index (χ2n) is 6.62. The van der Waals surface area contributed by atoms with E-state index in [1.54, 1.807) is 57.7 Å². The van der Waals surface area contributed by atoms with E-state index in [1.165, 1.54) is 12.1 Å². The molecule has 0 heterocycles. The summed E-state index contributed by atoms with van der Waals surface area (Å²) in [6.07, 6.45) is 5.26. The molecule has 0 unspecified atom stereocenters. The van der Waals surface area contributed by atoms with Crippen molar-refractivity contribution in [1.29, 1.82) is 0 Å². The molecule has 0 atom stereocenters. The second kappa shape index (κ2) is 8.78. The lowest BCUT2D eigenvalue weighted by molar-refractivity contribution is -0.127. The fourth-order valence-corrected chi connectivity index (χ4v) is 3.02. The van der Waals surface area contributed by atoms with Gasteiger partial charge in [-0.25, -0.2) is 4.39 Å². The molecule has 3 rings (SSSR count). The van der Waals surface area contributed by atoms with Gasteiger partial charge in [-0.3, -0.25) is 4.79 Å². The number of ether oxygens (including phenoxy) is 3. The summed E-state index contributed by atoms with van der Waals surface area (Å²) in [5.74, 6) is 1.19. The zero-order chi connectivity index (χ0) is 20.1. The van der Waals surface area contributed by atoms with Gasteiger partial charge in [0.05, 0.1) is 21.3 Å². The Morgan fingerprint density at radius 1 is 1.07 bits per heavy atom. The second-order valence-corrected chi connectivity index (χ2v) is 6.62. The van der Waals surface area contributed by atoms with Crippen LogP contribution in [0.1, 0.15) is 24.0 Å². The van der Waals surface area contributed by atoms with E-state index in [0.29, 0.717) is 23.8 Å². The summed E-state index contributed by atoms with van der Waals surface area (Å²) in [6.45, 7) is 0.462. The van der Waals surface area contributed by atoms with Gasteiger partial charge < -0.3 is 19.1 Å². The number of amides is 1. The number of halogens is 1. The minimum absolute atomic E-state index is 0.0828. The van der Waals surface area contributed by atoms with E-state index in [-0.39, 0.29) is 17.8 Å². The number of carbonyl (C=O) groups is 1. The number of hydrogen-bond acceptors (Lipinski definition) is 4. The predicted octanol–water partition coefficient (Wildman–Crippen LogP) is 4.06. The highest BCUT2D eigenvalue weighted by atomic mass is 19.1. The van der Waals surface area contributed by atoms with Crippen LogP contribution in [0.15, 0.2) is 42.5 Å². The topological polar surface area (TPSA) is 48.0 Å². The van der Waals surface area contributed by atoms with Gasteiger partial charge in [0.15, 0.2) is 11.5 Å². The number of benzene rings is 2. The molecule has 0 N–H and O–H groups in total. The molecule has 1 fully saturated rings. The van der Waals surface area contributed by atoms with Crippen molar-refractivity contribution >= 4 is 12.0 Å². The highest BCUT2D eigenvalue weighted by Gasteiger charge is 2.31. The molecule has 1 amide bonds. The maximum atomic E-state index is 13.1. The smallest absolute Gasteiger partial charge is 0.247 e. The molecule has 0 saturated heterocycles. The van der Waals surface area contributed by atoms with Crippen molar-refractivity contribution in [1.82, 2.24) is 4.90 Å². The van der Waals surface area contributed by atoms with E-state index in [4.69, 9.17) is 14.2 Å². The number of methoxy groups -OCH3 is 3. The third-order valence-corrected chi connectivity index (χ3v) is 4.64. The maximum Gasteiger partial charge on any atom is 0.247 e. The largest absolute Gasteiger partial charge is 0.493 e. The average Bonchev–Trinajstić information content (AvgIpc) is 3.55. The van der Waals surface area contributed by atoms with Gasteiger partial charge in [-0.05, 0) is 54.3 Å². The van der Waals surface area contributed by atoms with Crippen molar-refractivity contribution < 1.29 is 23.4 Å². The first-order chi connectivity index (χ1) is 13.5. The molecule has 1 aliphatic rings. The Bertz CT molecular complexity index is 834. The Hall–Kier alpha value is -3.02. The van der Waals surface area contributed by atoms with Gasteiger partial charge in [0, 0.05) is 18.7 Å². The molecule has 1 aliphatic carbocycles. The van der Waals surface area contributed by atoms with Crippen LogP contribution in [-0.4, -0.2) is 38.2 Å². The van der Waals surface area contributed by atoms with Crippen molar-refractivity contribution in [2.75, 3.05) is 21.3 Å². The fraction of sp³-hybridized carbons (Fsp3) is 0.318. The molecule has 1 saturated carbocycles. The highest BCUT2D eigenvalue weighted by molar-refractivity contribution is 5.92. The fourth-order valence-electron chi connectivity index (χ4n) is 3.02. The normalized spacial score (nSPS) is 13.4. The molecule has 2 aromatic rings. The number of carbonyl (C=O) groups excluding carboxylic acids is 1. The monoisotopic (exact) mass is 385 g/mol. The number of hydrogen-bond donors (Lipinski definition) is 0. The summed E-state index contributed by atoms with van der Waals surface area (Å²) >= 11 is 0. The van der Waals surface area contributed by atoms with Crippen LogP contribution >= 0.6 is 0 Å². The Balaban J connectivity index is 1.78. The van der Waals surface area contributed by atoms with Crippen molar-refractivity contribution in [3.63, 3.8) is 0 Å². The first-order valence-electron chi connectivity index (χ1n) is 9.09. The maximum absolute atomic E-state index is 13.1. The van der Waals surface area contributed by atoms with E-state index in [1.807, 2.05) is 4.90 Å². The van der Waals surface area contributed by atoms with Gasteiger partial charge in [-0.2, -0.15) is 0 Å². The van der Waals surface area contributed by atoms with Gasteiger partial charge in [-0.1, -0.05) is 12.1 Å². The Labute approximate surface area is 164 Å². The molecule has 0 spiro atoms. The molecular formula is C22H24FNO4. The van der Waals surface area contributed by atoms with Crippen LogP contribution in [0.3, 0.4) is 0 Å². The van der Waals surface area contributed by atoms with Crippen LogP contribution in [0.4, 0.5) is 4.39 Å². The van der Waals surface area contributed by atoms with Crippen LogP contribution in [0.2, 0.25) is 0 Å². The van der Waals surface area contributed by atoms with Crippen LogP contribution in [-0.2, 0) is 11.3 Å². The summed E-state index contributed by atoms with van der Waals surface area (Å²) in [6, 6.07) is 10.1. The first kappa shape index (κ1) is 19.7. The summed E-state index contributed by atoms with van der Waals surface area (Å²) in [4.78, 5) is 14.6. The first-order valence-corrected chi connectivity index (χ1v) is 9.09. The number of rotatable bonds is 8. The molecular weight excluding hydrogens is 361 g/mol. The Kier molecular flexibility index (Phi) is 6.19. The van der Waals surface area contributed by atoms with Crippen molar-refractivity contribution in [3.05, 3.63) is 59.4 Å². The standard InChI is InChI=1S/C22H24FNO4/c1-26-19-12-16(13-20(27-2)22(19)28-3)6-11-21(25)24(18-9-10-18)14-15-4-7-17(23)8-5-15/h4-8,11-13,18H,9-10,14H2,1-3H3/b11-6+. The quantitative estimate of drug-likeness (QED) is 0.643. The van der Waals surface area contributed by atoms with Crippen molar-refractivity contribution in [2.24, 2.45) is 0 Å². The molecule has 5 nitrogen and oxygen atoms in total. The van der Waals surface area contributed by atoms with E-state index in [2.05, 4.69) is 0 Å². The lowest BCUT2D eigenvalue weighted by Crippen LogP contribution is -2.31. The van der Waals surface area contributed by atoms with E-state index < -0.39 is 0 Å². The lowest BCUT2D eigenvalue weighted by Gasteiger charge is -2.21. The van der Waals surface area contributed by atoms with Gasteiger partial charge >= 0.3 is 0 Å². The van der Waals surface area contributed by atoms with E-state index in [9.17, 15) is 9.18 Å². The molecule has 0 bridgehead atoms. The Morgan fingerprint density at radius 2 is 1.68 bits per heavy atom. The van der Waals surface area contributed by atoms with Gasteiger partial charge in [0.2, 0.25) is 11.7 Å². The zero-order valence-corrected chi connectivity index (χ0v) is 16.3. The minimum Gasteiger partial charge on any atom is -0.493 e. The van der Waals surface area contributed by atoms with Crippen LogP contribution < -0.4 is 14.2 Å². The predicted molar refractivity (Wildman–Crippen MR) is 105 cm³/mol. The highest BCUT2D eigenvalue weighted by Crippen LogP contribution is 2.38. The summed E-state index contributed by atoms with van der Waals surface area (Å²) in [5, 5.41) is 0. The summed E-state index contributed by atoms with van der Waals surface area (Å²) in [7, 11) is 4.64. The molecule has 0 radical (unpaired) electrons. The molecule has 2 aromatic carbocycles. The van der Waals surface area contributed by atoms with E-state index in [0.717, 1.165) is 24.0 Å². The SMILES string of the molecule is COc1cc(/C=C/C(=O)N(Cc2ccc(F)cc2)C2CC2)cc(OC)c1OC. The van der Waals surface area contributed by atoms with Crippen molar-refractivity contribution in [2.45, 2.75) is 25.4 Å². The minimum atomic E-state index is -0.282. The van der Waals surface area contributed by atoms with Crippen LogP contribution in [0.25, 0.3) is 6.08 Å². The third kappa shape index (κ3) is 4.63. The molecule has 0 aliphatic heterocycles. The summed E-state index contributed by atoms with van der Waals surface area (Å²) < 4.78 is 29.1. The third-order valence-electron chi connectivity index (χ3n) is 4.64. The average molecular weight is 385 g/mol. The van der Waals surface area contributed by atoms with Gasteiger partial charge in [0.1, 0.15) is 5.82 Å². The van der Waals surface area contributed by atoms with Crippen LogP contribution in [0, 0.1) is 5.82 Å². The molecule has 148 valence electrons. The summed E-state index contributed by atoms with van der Waals surface area (Å²) in [5.41, 5.74) is 1.67. The zero-order valence-electron chi connectivity index (χ0n) is 16.3. The molecule has 0 aromatic heterocycles.